The Labute approximate surface area is 90.0 Å². The second kappa shape index (κ2) is 3.90. The Morgan fingerprint density at radius 2 is 2.09 bits per heavy atom. The van der Waals surface area contributed by atoms with Crippen LogP contribution in [0.2, 0.25) is 0 Å². The molecule has 0 amide bonds. The summed E-state index contributed by atoms with van der Waals surface area (Å²) >= 11 is 11.3. The molecule has 11 heavy (non-hydrogen) atoms. The van der Waals surface area contributed by atoms with Crippen LogP contribution in [0.1, 0.15) is 0 Å². The summed E-state index contributed by atoms with van der Waals surface area (Å²) in [6.07, 6.45) is 0. The summed E-state index contributed by atoms with van der Waals surface area (Å²) < 4.78 is 3.61. The summed E-state index contributed by atoms with van der Waals surface area (Å²) in [6, 6.07) is 0. The van der Waals surface area contributed by atoms with Crippen molar-refractivity contribution >= 4 is 23.2 Å². The maximum Gasteiger partial charge on any atom is 0.224 e. The molecule has 6 heteroatoms. The maximum absolute atomic E-state index is 7.13. The van der Waals surface area contributed by atoms with Crippen LogP contribution in [0.4, 0.5) is 0 Å². The first-order valence-electron chi connectivity index (χ1n) is 2.94. The quantitative estimate of drug-likeness (QED) is 0.732. The maximum atomic E-state index is 7.13. The van der Waals surface area contributed by atoms with Gasteiger partial charge in [-0.25, -0.2) is 0 Å². The van der Waals surface area contributed by atoms with Crippen molar-refractivity contribution < 1.29 is 25.8 Å². The standard InChI is InChI=1S/C5H9Cl2N2O.Pt/c6-5(7)4(1-8,2-9)3-10-5;/h8H,1-3,9H2;/q-1;. The zero-order valence-corrected chi connectivity index (χ0v) is 9.46. The van der Waals surface area contributed by atoms with Crippen molar-refractivity contribution in [3.8, 4) is 0 Å². The number of halogens is 2. The van der Waals surface area contributed by atoms with Crippen molar-refractivity contribution in [2.45, 2.75) is 4.52 Å². The average molecular weight is 379 g/mol. The molecule has 70 valence electrons. The van der Waals surface area contributed by atoms with Gasteiger partial charge in [0.1, 0.15) is 0 Å². The van der Waals surface area contributed by atoms with E-state index in [-0.39, 0.29) is 27.6 Å². The Kier molecular flexibility index (Phi) is 4.31. The van der Waals surface area contributed by atoms with Crippen molar-refractivity contribution in [2.24, 2.45) is 11.1 Å². The third-order valence-corrected chi connectivity index (χ3v) is 2.90. The number of hydrogen-bond donors (Lipinski definition) is 1. The van der Waals surface area contributed by atoms with E-state index in [1.54, 1.807) is 0 Å². The van der Waals surface area contributed by atoms with Crippen LogP contribution < -0.4 is 5.73 Å². The van der Waals surface area contributed by atoms with E-state index in [4.69, 9.17) is 39.4 Å². The molecular weight excluding hydrogens is 370 g/mol. The van der Waals surface area contributed by atoms with Gasteiger partial charge in [0.15, 0.2) is 0 Å². The molecule has 1 heterocycles. The first kappa shape index (κ1) is 12.1. The third kappa shape index (κ3) is 1.74. The molecule has 0 aromatic rings. The number of rotatable bonds is 2. The van der Waals surface area contributed by atoms with Crippen LogP contribution in [0.5, 0.6) is 0 Å². The fourth-order valence-corrected chi connectivity index (χ4v) is 1.30. The second-order valence-electron chi connectivity index (χ2n) is 2.47. The molecule has 3 N–H and O–H groups in total. The molecule has 1 atom stereocenters. The van der Waals surface area contributed by atoms with E-state index in [1.165, 1.54) is 0 Å². The largest absolute Gasteiger partial charge is 0.677 e. The van der Waals surface area contributed by atoms with Gasteiger partial charge in [-0.2, -0.15) is 0 Å². The van der Waals surface area contributed by atoms with Crippen LogP contribution in [0.15, 0.2) is 0 Å². The van der Waals surface area contributed by atoms with E-state index in [9.17, 15) is 0 Å². The Bertz CT molecular complexity index is 135. The molecule has 0 radical (unpaired) electrons. The molecule has 0 bridgehead atoms. The van der Waals surface area contributed by atoms with Gasteiger partial charge in [0, 0.05) is 33.0 Å². The van der Waals surface area contributed by atoms with Gasteiger partial charge >= 0.3 is 0 Å². The summed E-state index contributed by atoms with van der Waals surface area (Å²) in [4.78, 5) is 0. The van der Waals surface area contributed by atoms with E-state index in [0.717, 1.165) is 0 Å². The summed E-state index contributed by atoms with van der Waals surface area (Å²) in [5, 5.41) is 0. The van der Waals surface area contributed by atoms with Crippen molar-refractivity contribution in [1.29, 1.82) is 0 Å². The minimum absolute atomic E-state index is 0. The molecule has 0 aliphatic carbocycles. The van der Waals surface area contributed by atoms with Gasteiger partial charge in [0.2, 0.25) is 4.52 Å². The van der Waals surface area contributed by atoms with Crippen LogP contribution in [0.3, 0.4) is 0 Å². The molecule has 0 spiro atoms. The fraction of sp³-hybridized carbons (Fsp3) is 1.00. The van der Waals surface area contributed by atoms with Gasteiger partial charge in [-0.3, -0.25) is 0 Å². The molecule has 1 aliphatic rings. The molecular formula is C5H9Cl2N2OPt-. The molecule has 1 fully saturated rings. The van der Waals surface area contributed by atoms with E-state index < -0.39 is 9.93 Å². The zero-order chi connectivity index (χ0) is 7.83. The Balaban J connectivity index is 0.000001000. The number of hydrogen-bond acceptors (Lipinski definition) is 2. The van der Waals surface area contributed by atoms with Crippen LogP contribution in [0.25, 0.3) is 5.73 Å². The summed E-state index contributed by atoms with van der Waals surface area (Å²) in [5.74, 6) is 0. The van der Waals surface area contributed by atoms with Gasteiger partial charge in [0.25, 0.3) is 0 Å². The van der Waals surface area contributed by atoms with Gasteiger partial charge in [-0.15, -0.1) is 6.54 Å². The predicted octanol–water partition coefficient (Wildman–Crippen LogP) is 1.14. The van der Waals surface area contributed by atoms with Crippen LogP contribution in [-0.4, -0.2) is 24.2 Å². The first-order valence-corrected chi connectivity index (χ1v) is 3.70. The topological polar surface area (TPSA) is 59.0 Å². The molecule has 1 unspecified atom stereocenters. The van der Waals surface area contributed by atoms with Crippen molar-refractivity contribution in [3.05, 3.63) is 5.73 Å². The minimum Gasteiger partial charge on any atom is -0.677 e. The molecule has 1 aliphatic heterocycles. The fourth-order valence-electron chi connectivity index (χ4n) is 0.789. The average Bonchev–Trinajstić information content (AvgIpc) is 1.89. The minimum atomic E-state index is -1.23. The molecule has 3 nitrogen and oxygen atoms in total. The van der Waals surface area contributed by atoms with Crippen LogP contribution in [-0.2, 0) is 25.8 Å². The summed E-state index contributed by atoms with van der Waals surface area (Å²) in [7, 11) is 0. The monoisotopic (exact) mass is 378 g/mol. The molecule has 0 aromatic heterocycles. The van der Waals surface area contributed by atoms with E-state index in [0.29, 0.717) is 13.2 Å². The number of alkyl halides is 2. The number of nitrogens with one attached hydrogen (secondary N) is 1. The molecule has 0 aromatic carbocycles. The second-order valence-corrected chi connectivity index (χ2v) is 3.72. The van der Waals surface area contributed by atoms with Crippen LogP contribution in [0, 0.1) is 5.41 Å². The summed E-state index contributed by atoms with van der Waals surface area (Å²) in [5.41, 5.74) is 12.0. The third-order valence-electron chi connectivity index (χ3n) is 1.88. The molecule has 1 rings (SSSR count). The van der Waals surface area contributed by atoms with E-state index in [2.05, 4.69) is 0 Å². The predicted molar refractivity (Wildman–Crippen MR) is 41.1 cm³/mol. The van der Waals surface area contributed by atoms with Gasteiger partial charge in [-0.05, 0) is 0 Å². The number of ether oxygens (including phenoxy) is 1. The van der Waals surface area contributed by atoms with E-state index >= 15 is 0 Å². The Morgan fingerprint density at radius 1 is 1.55 bits per heavy atom. The first-order chi connectivity index (χ1) is 4.58. The number of nitrogens with two attached hydrogens (primary N) is 1. The normalized spacial score (nSPS) is 33.8. The molecule has 1 saturated heterocycles. The Morgan fingerprint density at radius 3 is 2.09 bits per heavy atom. The summed E-state index contributed by atoms with van der Waals surface area (Å²) in [6.45, 7) is 0.792. The van der Waals surface area contributed by atoms with E-state index in [1.807, 2.05) is 0 Å². The van der Waals surface area contributed by atoms with Crippen molar-refractivity contribution in [2.75, 3.05) is 19.7 Å². The SMILES string of the molecule is [NH-]CC1(CN)COC1(Cl)Cl.[Pt]. The van der Waals surface area contributed by atoms with Crippen molar-refractivity contribution in [3.63, 3.8) is 0 Å². The Hall–Kier alpha value is 1.15. The van der Waals surface area contributed by atoms with Gasteiger partial charge < -0.3 is 16.2 Å². The zero-order valence-electron chi connectivity index (χ0n) is 5.68. The van der Waals surface area contributed by atoms with Crippen molar-refractivity contribution in [1.82, 2.24) is 0 Å². The van der Waals surface area contributed by atoms with Gasteiger partial charge in [0.05, 0.1) is 6.61 Å². The van der Waals surface area contributed by atoms with Gasteiger partial charge in [-0.1, -0.05) is 23.2 Å². The van der Waals surface area contributed by atoms with Crippen LogP contribution >= 0.6 is 23.2 Å². The molecule has 0 saturated carbocycles. The smallest absolute Gasteiger partial charge is 0.224 e.